The number of hydrogen-bond acceptors (Lipinski definition) is 4. The van der Waals surface area contributed by atoms with Crippen molar-refractivity contribution in [1.82, 2.24) is 9.78 Å². The van der Waals surface area contributed by atoms with E-state index < -0.39 is 0 Å². The van der Waals surface area contributed by atoms with E-state index in [2.05, 4.69) is 5.10 Å². The van der Waals surface area contributed by atoms with E-state index in [4.69, 9.17) is 10.5 Å². The first kappa shape index (κ1) is 12.3. The molecule has 2 N–H and O–H groups in total. The molecule has 0 bridgehead atoms. The van der Waals surface area contributed by atoms with Gasteiger partial charge in [0.1, 0.15) is 12.4 Å². The molecule has 0 aliphatic heterocycles. The lowest BCUT2D eigenvalue weighted by molar-refractivity contribution is 0.287. The minimum atomic E-state index is -0.125. The Kier molecular flexibility index (Phi) is 4.09. The van der Waals surface area contributed by atoms with Crippen molar-refractivity contribution in [2.75, 3.05) is 6.61 Å². The lowest BCUT2D eigenvalue weighted by atomic mass is 10.2. The molecule has 0 aliphatic rings. The van der Waals surface area contributed by atoms with Crippen LogP contribution in [0.4, 0.5) is 0 Å². The number of hydrogen-bond donors (Lipinski definition) is 1. The normalized spacial score (nSPS) is 10.3. The van der Waals surface area contributed by atoms with Gasteiger partial charge in [0.2, 0.25) is 0 Å². The predicted octanol–water partition coefficient (Wildman–Crippen LogP) is 0.781. The molecule has 0 radical (unpaired) electrons. The Morgan fingerprint density at radius 3 is 2.67 bits per heavy atom. The van der Waals surface area contributed by atoms with Crippen LogP contribution in [0.2, 0.25) is 0 Å². The van der Waals surface area contributed by atoms with Crippen LogP contribution in [-0.4, -0.2) is 16.4 Å². The molecule has 0 amide bonds. The van der Waals surface area contributed by atoms with Gasteiger partial charge in [-0.1, -0.05) is 12.1 Å². The Labute approximate surface area is 105 Å². The monoisotopic (exact) mass is 245 g/mol. The van der Waals surface area contributed by atoms with Gasteiger partial charge in [0, 0.05) is 18.8 Å². The van der Waals surface area contributed by atoms with Crippen molar-refractivity contribution in [3.63, 3.8) is 0 Å². The van der Waals surface area contributed by atoms with Crippen LogP contribution in [0.1, 0.15) is 5.56 Å². The molecule has 1 aromatic carbocycles. The molecule has 2 aromatic rings. The summed E-state index contributed by atoms with van der Waals surface area (Å²) in [6.45, 7) is 1.35. The summed E-state index contributed by atoms with van der Waals surface area (Å²) in [5.74, 6) is 0.760. The van der Waals surface area contributed by atoms with Crippen molar-refractivity contribution in [2.24, 2.45) is 5.73 Å². The molecule has 18 heavy (non-hydrogen) atoms. The van der Waals surface area contributed by atoms with Gasteiger partial charge in [0.25, 0.3) is 5.56 Å². The Bertz CT molecular complexity index is 549. The van der Waals surface area contributed by atoms with E-state index in [1.54, 1.807) is 12.3 Å². The molecule has 0 unspecified atom stereocenters. The second-order valence-corrected chi connectivity index (χ2v) is 3.78. The predicted molar refractivity (Wildman–Crippen MR) is 68.3 cm³/mol. The molecule has 0 aliphatic carbocycles. The second-order valence-electron chi connectivity index (χ2n) is 3.78. The Balaban J connectivity index is 1.88. The van der Waals surface area contributed by atoms with Gasteiger partial charge in [0.05, 0.1) is 6.54 Å². The van der Waals surface area contributed by atoms with Crippen molar-refractivity contribution in [2.45, 2.75) is 13.1 Å². The third-order valence-electron chi connectivity index (χ3n) is 2.52. The number of nitrogens with two attached hydrogens (primary N) is 1. The zero-order valence-corrected chi connectivity index (χ0v) is 9.95. The smallest absolute Gasteiger partial charge is 0.266 e. The fourth-order valence-corrected chi connectivity index (χ4v) is 1.53. The standard InChI is InChI=1S/C13H15N3O2/c14-10-11-3-5-12(6-4-11)18-9-8-16-13(17)2-1-7-15-16/h1-7H,8-10,14H2. The van der Waals surface area contributed by atoms with E-state index in [1.807, 2.05) is 24.3 Å². The van der Waals surface area contributed by atoms with Crippen LogP contribution >= 0.6 is 0 Å². The SMILES string of the molecule is NCc1ccc(OCCn2ncccc2=O)cc1. The van der Waals surface area contributed by atoms with Gasteiger partial charge in [-0.2, -0.15) is 5.10 Å². The van der Waals surface area contributed by atoms with Gasteiger partial charge in [0.15, 0.2) is 0 Å². The van der Waals surface area contributed by atoms with Crippen LogP contribution < -0.4 is 16.0 Å². The maximum absolute atomic E-state index is 11.4. The van der Waals surface area contributed by atoms with Crippen LogP contribution in [0.15, 0.2) is 47.4 Å². The van der Waals surface area contributed by atoms with Gasteiger partial charge < -0.3 is 10.5 Å². The highest BCUT2D eigenvalue weighted by Crippen LogP contribution is 2.11. The Morgan fingerprint density at radius 1 is 1.22 bits per heavy atom. The number of nitrogens with zero attached hydrogens (tertiary/aromatic N) is 2. The highest BCUT2D eigenvalue weighted by Gasteiger charge is 1.97. The van der Waals surface area contributed by atoms with E-state index in [9.17, 15) is 4.79 Å². The van der Waals surface area contributed by atoms with Crippen LogP contribution in [-0.2, 0) is 13.1 Å². The molecular weight excluding hydrogens is 230 g/mol. The first-order valence-electron chi connectivity index (χ1n) is 5.73. The van der Waals surface area contributed by atoms with Crippen LogP contribution in [0, 0.1) is 0 Å². The van der Waals surface area contributed by atoms with Gasteiger partial charge in [-0.25, -0.2) is 4.68 Å². The average Bonchev–Trinajstić information content (AvgIpc) is 2.42. The maximum atomic E-state index is 11.4. The quantitative estimate of drug-likeness (QED) is 0.845. The zero-order valence-electron chi connectivity index (χ0n) is 9.95. The molecule has 0 saturated heterocycles. The fourth-order valence-electron chi connectivity index (χ4n) is 1.53. The minimum Gasteiger partial charge on any atom is -0.492 e. The first-order chi connectivity index (χ1) is 8.79. The molecular formula is C13H15N3O2. The number of rotatable bonds is 5. The summed E-state index contributed by atoms with van der Waals surface area (Å²) < 4.78 is 6.89. The molecule has 1 heterocycles. The molecule has 2 rings (SSSR count). The fraction of sp³-hybridized carbons (Fsp3) is 0.231. The Morgan fingerprint density at radius 2 is 2.00 bits per heavy atom. The lowest BCUT2D eigenvalue weighted by Crippen LogP contribution is -2.24. The van der Waals surface area contributed by atoms with Crippen LogP contribution in [0.25, 0.3) is 0 Å². The lowest BCUT2D eigenvalue weighted by Gasteiger charge is -2.07. The summed E-state index contributed by atoms with van der Waals surface area (Å²) in [7, 11) is 0. The van der Waals surface area contributed by atoms with Crippen molar-refractivity contribution in [1.29, 1.82) is 0 Å². The molecule has 0 saturated carbocycles. The third-order valence-corrected chi connectivity index (χ3v) is 2.52. The molecule has 1 aromatic heterocycles. The minimum absolute atomic E-state index is 0.125. The summed E-state index contributed by atoms with van der Waals surface area (Å²) in [4.78, 5) is 11.4. The van der Waals surface area contributed by atoms with E-state index >= 15 is 0 Å². The maximum Gasteiger partial charge on any atom is 0.266 e. The number of ether oxygens (including phenoxy) is 1. The highest BCUT2D eigenvalue weighted by molar-refractivity contribution is 5.26. The topological polar surface area (TPSA) is 70.1 Å². The van der Waals surface area contributed by atoms with Gasteiger partial charge in [-0.15, -0.1) is 0 Å². The van der Waals surface area contributed by atoms with Crippen molar-refractivity contribution in [3.8, 4) is 5.75 Å². The molecule has 5 nitrogen and oxygen atoms in total. The van der Waals surface area contributed by atoms with E-state index in [-0.39, 0.29) is 5.56 Å². The van der Waals surface area contributed by atoms with Crippen LogP contribution in [0.3, 0.4) is 0 Å². The van der Waals surface area contributed by atoms with E-state index in [0.717, 1.165) is 11.3 Å². The molecule has 0 spiro atoms. The summed E-state index contributed by atoms with van der Waals surface area (Å²) >= 11 is 0. The summed E-state index contributed by atoms with van der Waals surface area (Å²) in [6.07, 6.45) is 1.58. The molecule has 0 fully saturated rings. The summed E-state index contributed by atoms with van der Waals surface area (Å²) in [5, 5.41) is 3.94. The third kappa shape index (κ3) is 3.18. The van der Waals surface area contributed by atoms with E-state index in [0.29, 0.717) is 19.7 Å². The zero-order chi connectivity index (χ0) is 12.8. The first-order valence-corrected chi connectivity index (χ1v) is 5.73. The Hall–Kier alpha value is -2.14. The highest BCUT2D eigenvalue weighted by atomic mass is 16.5. The van der Waals surface area contributed by atoms with Gasteiger partial charge in [-0.3, -0.25) is 4.79 Å². The van der Waals surface area contributed by atoms with Crippen molar-refractivity contribution in [3.05, 3.63) is 58.5 Å². The van der Waals surface area contributed by atoms with Gasteiger partial charge in [-0.05, 0) is 23.8 Å². The van der Waals surface area contributed by atoms with Gasteiger partial charge >= 0.3 is 0 Å². The molecule has 0 atom stereocenters. The van der Waals surface area contributed by atoms with Crippen molar-refractivity contribution >= 4 is 0 Å². The molecule has 5 heteroatoms. The summed E-state index contributed by atoms with van der Waals surface area (Å²) in [5.41, 5.74) is 6.44. The molecule has 94 valence electrons. The van der Waals surface area contributed by atoms with E-state index in [1.165, 1.54) is 10.7 Å². The number of benzene rings is 1. The average molecular weight is 245 g/mol. The summed E-state index contributed by atoms with van der Waals surface area (Å²) in [6, 6.07) is 10.7. The van der Waals surface area contributed by atoms with Crippen molar-refractivity contribution < 1.29 is 4.74 Å². The number of aromatic nitrogens is 2. The van der Waals surface area contributed by atoms with Crippen LogP contribution in [0.5, 0.6) is 5.75 Å². The second kappa shape index (κ2) is 5.97. The largest absolute Gasteiger partial charge is 0.492 e.